The Morgan fingerprint density at radius 2 is 1.95 bits per heavy atom. The highest BCUT2D eigenvalue weighted by molar-refractivity contribution is 6.42. The van der Waals surface area contributed by atoms with Crippen LogP contribution in [0.2, 0.25) is 10.0 Å². The van der Waals surface area contributed by atoms with Gasteiger partial charge in [0.1, 0.15) is 0 Å². The summed E-state index contributed by atoms with van der Waals surface area (Å²) in [5.74, 6) is 0. The quantitative estimate of drug-likeness (QED) is 0.882. The third kappa shape index (κ3) is 3.72. The number of benzene rings is 1. The van der Waals surface area contributed by atoms with Gasteiger partial charge in [-0.3, -0.25) is 4.98 Å². The molecule has 1 aromatic carbocycles. The summed E-state index contributed by atoms with van der Waals surface area (Å²) in [6.07, 6.45) is 3.77. The van der Waals surface area contributed by atoms with Gasteiger partial charge >= 0.3 is 0 Å². The molecule has 0 fully saturated rings. The summed E-state index contributed by atoms with van der Waals surface area (Å²) in [5, 5.41) is 4.46. The Kier molecular flexibility index (Phi) is 5.41. The van der Waals surface area contributed by atoms with E-state index in [-0.39, 0.29) is 6.04 Å². The van der Waals surface area contributed by atoms with Gasteiger partial charge in [-0.25, -0.2) is 0 Å². The summed E-state index contributed by atoms with van der Waals surface area (Å²) in [6.45, 7) is 2.13. The van der Waals surface area contributed by atoms with Gasteiger partial charge in [0.2, 0.25) is 0 Å². The molecule has 106 valence electrons. The molecule has 2 nitrogen and oxygen atoms in total. The number of aryl methyl sites for hydroxylation is 1. The predicted molar refractivity (Wildman–Crippen MR) is 85.6 cm³/mol. The van der Waals surface area contributed by atoms with Gasteiger partial charge in [0.25, 0.3) is 0 Å². The van der Waals surface area contributed by atoms with E-state index >= 15 is 0 Å². The summed E-state index contributed by atoms with van der Waals surface area (Å²) >= 11 is 12.0. The molecular weight excluding hydrogens is 291 g/mol. The third-order valence-corrected chi connectivity index (χ3v) is 4.14. The van der Waals surface area contributed by atoms with Crippen LogP contribution < -0.4 is 5.32 Å². The highest BCUT2D eigenvalue weighted by Gasteiger charge is 2.12. The maximum absolute atomic E-state index is 6.08. The molecule has 1 N–H and O–H groups in total. The average molecular weight is 309 g/mol. The zero-order valence-electron chi connectivity index (χ0n) is 11.7. The predicted octanol–water partition coefficient (Wildman–Crippen LogP) is 4.45. The summed E-state index contributed by atoms with van der Waals surface area (Å²) in [4.78, 5) is 4.50. The summed E-state index contributed by atoms with van der Waals surface area (Å²) < 4.78 is 0. The first kappa shape index (κ1) is 15.3. The minimum atomic E-state index is 0.171. The monoisotopic (exact) mass is 308 g/mol. The molecule has 0 bridgehead atoms. The van der Waals surface area contributed by atoms with E-state index in [1.54, 1.807) is 0 Å². The Labute approximate surface area is 130 Å². The molecule has 0 saturated heterocycles. The van der Waals surface area contributed by atoms with E-state index in [0.717, 1.165) is 24.1 Å². The number of hydrogen-bond acceptors (Lipinski definition) is 2. The summed E-state index contributed by atoms with van der Waals surface area (Å²) in [6, 6.07) is 10.1. The molecule has 0 aliphatic heterocycles. The number of nitrogens with zero attached hydrogens (tertiary/aromatic N) is 1. The minimum Gasteiger partial charge on any atom is -0.313 e. The van der Waals surface area contributed by atoms with Gasteiger partial charge in [-0.2, -0.15) is 0 Å². The van der Waals surface area contributed by atoms with Crippen molar-refractivity contribution >= 4 is 23.2 Å². The van der Waals surface area contributed by atoms with Gasteiger partial charge < -0.3 is 5.32 Å². The second kappa shape index (κ2) is 7.07. The average Bonchev–Trinajstić information content (AvgIpc) is 2.48. The van der Waals surface area contributed by atoms with Gasteiger partial charge in [0.15, 0.2) is 0 Å². The number of hydrogen-bond donors (Lipinski definition) is 1. The van der Waals surface area contributed by atoms with Gasteiger partial charge in [0, 0.05) is 24.4 Å². The fourth-order valence-electron chi connectivity index (χ4n) is 2.11. The third-order valence-electron chi connectivity index (χ3n) is 3.40. The van der Waals surface area contributed by atoms with Gasteiger partial charge in [-0.15, -0.1) is 0 Å². The largest absolute Gasteiger partial charge is 0.313 e. The van der Waals surface area contributed by atoms with E-state index in [2.05, 4.69) is 29.4 Å². The molecule has 4 heteroatoms. The Bertz CT molecular complexity index is 567. The molecule has 1 heterocycles. The van der Waals surface area contributed by atoms with Crippen molar-refractivity contribution in [2.45, 2.75) is 25.8 Å². The summed E-state index contributed by atoms with van der Waals surface area (Å²) in [5.41, 5.74) is 3.43. The fourth-order valence-corrected chi connectivity index (χ4v) is 2.42. The van der Waals surface area contributed by atoms with E-state index in [9.17, 15) is 0 Å². The zero-order chi connectivity index (χ0) is 14.5. The van der Waals surface area contributed by atoms with Crippen molar-refractivity contribution in [1.29, 1.82) is 0 Å². The Morgan fingerprint density at radius 1 is 1.15 bits per heavy atom. The smallest absolute Gasteiger partial charge is 0.0595 e. The molecule has 1 atom stereocenters. The highest BCUT2D eigenvalue weighted by Crippen LogP contribution is 2.26. The molecule has 20 heavy (non-hydrogen) atoms. The normalized spacial score (nSPS) is 12.4. The molecule has 0 amide bonds. The maximum Gasteiger partial charge on any atom is 0.0595 e. The summed E-state index contributed by atoms with van der Waals surface area (Å²) in [7, 11) is 1.94. The van der Waals surface area contributed by atoms with Crippen LogP contribution in [0.15, 0.2) is 36.5 Å². The van der Waals surface area contributed by atoms with E-state index in [4.69, 9.17) is 23.2 Å². The van der Waals surface area contributed by atoms with E-state index in [1.807, 2.05) is 31.4 Å². The van der Waals surface area contributed by atoms with Crippen molar-refractivity contribution in [3.63, 3.8) is 0 Å². The van der Waals surface area contributed by atoms with Crippen LogP contribution in [0.5, 0.6) is 0 Å². The number of aromatic nitrogens is 1. The first-order chi connectivity index (χ1) is 9.63. The van der Waals surface area contributed by atoms with Crippen LogP contribution in [0.3, 0.4) is 0 Å². The van der Waals surface area contributed by atoms with Crippen molar-refractivity contribution in [2.24, 2.45) is 0 Å². The van der Waals surface area contributed by atoms with Crippen molar-refractivity contribution in [1.82, 2.24) is 10.3 Å². The van der Waals surface area contributed by atoms with Crippen LogP contribution in [-0.4, -0.2) is 12.0 Å². The molecule has 0 aliphatic rings. The van der Waals surface area contributed by atoms with Gasteiger partial charge in [0.05, 0.1) is 10.0 Å². The van der Waals surface area contributed by atoms with Crippen molar-refractivity contribution in [3.05, 3.63) is 63.4 Å². The molecule has 0 spiro atoms. The molecule has 2 rings (SSSR count). The number of rotatable bonds is 5. The molecule has 0 saturated carbocycles. The lowest BCUT2D eigenvalue weighted by Crippen LogP contribution is -2.19. The number of likely N-dealkylation sites (N-methyl/N-ethyl adjacent to an activating group) is 1. The SMILES string of the molecule is CCc1ccc(CC(NC)c2ccc(Cl)c(Cl)c2)nc1. The van der Waals surface area contributed by atoms with Crippen LogP contribution >= 0.6 is 23.2 Å². The number of pyridine rings is 1. The Hall–Kier alpha value is -1.09. The van der Waals surface area contributed by atoms with E-state index < -0.39 is 0 Å². The zero-order valence-corrected chi connectivity index (χ0v) is 13.2. The van der Waals surface area contributed by atoms with E-state index in [1.165, 1.54) is 5.56 Å². The lowest BCUT2D eigenvalue weighted by molar-refractivity contribution is 0.584. The molecule has 0 aliphatic carbocycles. The topological polar surface area (TPSA) is 24.9 Å². The molecule has 1 aromatic heterocycles. The fraction of sp³-hybridized carbons (Fsp3) is 0.312. The number of halogens is 2. The van der Waals surface area contributed by atoms with Crippen molar-refractivity contribution < 1.29 is 0 Å². The Morgan fingerprint density at radius 3 is 2.50 bits per heavy atom. The maximum atomic E-state index is 6.08. The van der Waals surface area contributed by atoms with Gasteiger partial charge in [-0.05, 0) is 42.8 Å². The first-order valence-corrected chi connectivity index (χ1v) is 7.45. The van der Waals surface area contributed by atoms with Gasteiger partial charge in [-0.1, -0.05) is 42.3 Å². The highest BCUT2D eigenvalue weighted by atomic mass is 35.5. The van der Waals surface area contributed by atoms with Crippen LogP contribution in [0.4, 0.5) is 0 Å². The second-order valence-corrected chi connectivity index (χ2v) is 5.54. The first-order valence-electron chi connectivity index (χ1n) is 6.70. The standard InChI is InChI=1S/C16H18Cl2N2/c1-3-11-4-6-13(20-10-11)9-16(19-2)12-5-7-14(17)15(18)8-12/h4-8,10,16,19H,3,9H2,1-2H3. The van der Waals surface area contributed by atoms with Crippen LogP contribution in [-0.2, 0) is 12.8 Å². The lowest BCUT2D eigenvalue weighted by Gasteiger charge is -2.17. The molecule has 0 radical (unpaired) electrons. The molecule has 1 unspecified atom stereocenters. The van der Waals surface area contributed by atoms with Crippen LogP contribution in [0.25, 0.3) is 0 Å². The van der Waals surface area contributed by atoms with E-state index in [0.29, 0.717) is 10.0 Å². The van der Waals surface area contributed by atoms with Crippen LogP contribution in [0.1, 0.15) is 29.8 Å². The lowest BCUT2D eigenvalue weighted by atomic mass is 10.0. The number of nitrogens with one attached hydrogen (secondary N) is 1. The second-order valence-electron chi connectivity index (χ2n) is 4.73. The minimum absolute atomic E-state index is 0.171. The molecular formula is C16H18Cl2N2. The van der Waals surface area contributed by atoms with Crippen molar-refractivity contribution in [2.75, 3.05) is 7.05 Å². The van der Waals surface area contributed by atoms with Crippen LogP contribution in [0, 0.1) is 0 Å². The van der Waals surface area contributed by atoms with Crippen molar-refractivity contribution in [3.8, 4) is 0 Å². The molecule has 2 aromatic rings. The Balaban J connectivity index is 2.16.